The summed E-state index contributed by atoms with van der Waals surface area (Å²) >= 11 is 11.9. The van der Waals surface area contributed by atoms with Crippen molar-refractivity contribution in [2.24, 2.45) is 4.99 Å². The Morgan fingerprint density at radius 2 is 2.03 bits per heavy atom. The monoisotopic (exact) mass is 463 g/mol. The van der Waals surface area contributed by atoms with Crippen LogP contribution in [0.4, 0.5) is 11.4 Å². The van der Waals surface area contributed by atoms with E-state index in [1.165, 1.54) is 11.8 Å². The van der Waals surface area contributed by atoms with Gasteiger partial charge in [-0.25, -0.2) is 0 Å². The summed E-state index contributed by atoms with van der Waals surface area (Å²) in [5.74, 6) is -0.691. The van der Waals surface area contributed by atoms with Crippen molar-refractivity contribution in [1.82, 2.24) is 5.32 Å². The molecular formula is C21H19Cl2N3O5. The minimum atomic E-state index is -0.540. The quantitative estimate of drug-likeness (QED) is 0.502. The molecule has 0 atom stereocenters. The lowest BCUT2D eigenvalue weighted by atomic mass is 10.2. The van der Waals surface area contributed by atoms with E-state index in [-0.39, 0.29) is 32.2 Å². The zero-order chi connectivity index (χ0) is 22.4. The molecule has 3 rings (SSSR count). The molecule has 2 aromatic rings. The second kappa shape index (κ2) is 10.3. The summed E-state index contributed by atoms with van der Waals surface area (Å²) < 4.78 is 10.1. The largest absolute Gasteiger partial charge is 0.482 e. The maximum atomic E-state index is 12.4. The summed E-state index contributed by atoms with van der Waals surface area (Å²) in [6.07, 6.45) is 1.63. The van der Waals surface area contributed by atoms with E-state index in [1.54, 1.807) is 42.6 Å². The number of anilines is 1. The number of ether oxygens (including phenoxy) is 2. The number of esters is 1. The minimum absolute atomic E-state index is 0.0969. The third kappa shape index (κ3) is 6.19. The molecule has 0 aliphatic carbocycles. The van der Waals surface area contributed by atoms with E-state index in [1.807, 2.05) is 0 Å². The van der Waals surface area contributed by atoms with Crippen LogP contribution >= 0.6 is 23.2 Å². The molecule has 2 aromatic carbocycles. The van der Waals surface area contributed by atoms with Crippen LogP contribution in [0.5, 0.6) is 5.75 Å². The normalized spacial score (nSPS) is 13.0. The van der Waals surface area contributed by atoms with Gasteiger partial charge in [-0.2, -0.15) is 0 Å². The Kier molecular flexibility index (Phi) is 7.49. The van der Waals surface area contributed by atoms with Crippen LogP contribution in [0.3, 0.4) is 0 Å². The number of nitrogens with zero attached hydrogens (tertiary/aromatic N) is 2. The number of nitrogens with one attached hydrogen (secondary N) is 1. The van der Waals surface area contributed by atoms with Gasteiger partial charge in [0.15, 0.2) is 13.2 Å². The Labute approximate surface area is 188 Å². The molecule has 0 unspecified atom stereocenters. The van der Waals surface area contributed by atoms with Crippen LogP contribution in [0.25, 0.3) is 0 Å². The van der Waals surface area contributed by atoms with Gasteiger partial charge in [0.25, 0.3) is 11.8 Å². The molecule has 0 fully saturated rings. The lowest BCUT2D eigenvalue weighted by molar-refractivity contribution is -0.146. The highest BCUT2D eigenvalue weighted by atomic mass is 35.5. The summed E-state index contributed by atoms with van der Waals surface area (Å²) in [5.41, 5.74) is 1.92. The summed E-state index contributed by atoms with van der Waals surface area (Å²) in [6, 6.07) is 10.4. The Balaban J connectivity index is 1.69. The number of amides is 2. The average molecular weight is 464 g/mol. The van der Waals surface area contributed by atoms with Gasteiger partial charge in [-0.3, -0.25) is 19.4 Å². The molecule has 2 amide bonds. The number of hydrogen-bond acceptors (Lipinski definition) is 6. The van der Waals surface area contributed by atoms with Crippen LogP contribution in [0.1, 0.15) is 12.5 Å². The Bertz CT molecular complexity index is 1040. The SMILES string of the molecule is CC(=O)OCC(=O)NCCN1C(=O)COc2ccc(/N=C/c3ccc(Cl)c(Cl)c3)cc21. The minimum Gasteiger partial charge on any atom is -0.482 e. The molecule has 0 aromatic heterocycles. The topological polar surface area (TPSA) is 97.3 Å². The van der Waals surface area contributed by atoms with Gasteiger partial charge < -0.3 is 19.7 Å². The summed E-state index contributed by atoms with van der Waals surface area (Å²) in [6.45, 7) is 1.16. The molecule has 0 spiro atoms. The Morgan fingerprint density at radius 3 is 2.77 bits per heavy atom. The fraction of sp³-hybridized carbons (Fsp3) is 0.238. The standard InChI is InChI=1S/C21H19Cl2N3O5/c1-13(27)30-11-20(28)24-6-7-26-18-9-15(3-5-19(18)31-12-21(26)29)25-10-14-2-4-16(22)17(23)8-14/h2-5,8-10H,6-7,11-12H2,1H3,(H,24,28)/b25-10+. The number of halogens is 2. The number of fused-ring (bicyclic) bond motifs is 1. The first-order valence-corrected chi connectivity index (χ1v) is 10.1. The third-order valence-electron chi connectivity index (χ3n) is 4.26. The molecule has 1 aliphatic rings. The van der Waals surface area contributed by atoms with Crippen molar-refractivity contribution in [3.63, 3.8) is 0 Å². The first-order valence-electron chi connectivity index (χ1n) is 9.30. The van der Waals surface area contributed by atoms with E-state index in [0.29, 0.717) is 27.2 Å². The molecule has 0 bridgehead atoms. The van der Waals surface area contributed by atoms with Gasteiger partial charge >= 0.3 is 5.97 Å². The Hall–Kier alpha value is -3.10. The summed E-state index contributed by atoms with van der Waals surface area (Å²) in [5, 5.41) is 3.49. The highest BCUT2D eigenvalue weighted by molar-refractivity contribution is 6.42. The zero-order valence-corrected chi connectivity index (χ0v) is 18.1. The average Bonchev–Trinajstić information content (AvgIpc) is 2.74. The highest BCUT2D eigenvalue weighted by Crippen LogP contribution is 2.35. The van der Waals surface area contributed by atoms with Gasteiger partial charge in [0, 0.05) is 26.2 Å². The number of rotatable bonds is 7. The van der Waals surface area contributed by atoms with Crippen molar-refractivity contribution >= 4 is 58.6 Å². The van der Waals surface area contributed by atoms with Crippen LogP contribution in [0.15, 0.2) is 41.4 Å². The molecule has 1 N–H and O–H groups in total. The van der Waals surface area contributed by atoms with Crippen molar-refractivity contribution in [3.05, 3.63) is 52.0 Å². The molecule has 8 nitrogen and oxygen atoms in total. The van der Waals surface area contributed by atoms with Crippen molar-refractivity contribution in [1.29, 1.82) is 0 Å². The van der Waals surface area contributed by atoms with E-state index in [0.717, 1.165) is 5.56 Å². The van der Waals surface area contributed by atoms with Crippen LogP contribution in [-0.4, -0.2) is 50.3 Å². The van der Waals surface area contributed by atoms with Gasteiger partial charge in [-0.1, -0.05) is 29.3 Å². The second-order valence-electron chi connectivity index (χ2n) is 6.55. The van der Waals surface area contributed by atoms with Crippen LogP contribution in [-0.2, 0) is 19.1 Å². The summed E-state index contributed by atoms with van der Waals surface area (Å²) in [4.78, 5) is 40.7. The molecule has 0 saturated carbocycles. The number of carbonyl (C=O) groups is 3. The van der Waals surface area contributed by atoms with Crippen molar-refractivity contribution in [3.8, 4) is 5.75 Å². The first kappa shape index (κ1) is 22.6. The van der Waals surface area contributed by atoms with Crippen LogP contribution in [0, 0.1) is 0 Å². The second-order valence-corrected chi connectivity index (χ2v) is 7.36. The van der Waals surface area contributed by atoms with Gasteiger partial charge in [0.2, 0.25) is 0 Å². The number of hydrogen-bond donors (Lipinski definition) is 1. The van der Waals surface area contributed by atoms with Gasteiger partial charge in [-0.05, 0) is 35.9 Å². The van der Waals surface area contributed by atoms with Crippen molar-refractivity contribution < 1.29 is 23.9 Å². The zero-order valence-electron chi connectivity index (χ0n) is 16.6. The van der Waals surface area contributed by atoms with Crippen LogP contribution < -0.4 is 15.0 Å². The molecule has 10 heteroatoms. The van der Waals surface area contributed by atoms with Crippen molar-refractivity contribution in [2.45, 2.75) is 6.92 Å². The maximum absolute atomic E-state index is 12.4. The molecule has 0 radical (unpaired) electrons. The van der Waals surface area contributed by atoms with Gasteiger partial charge in [-0.15, -0.1) is 0 Å². The van der Waals surface area contributed by atoms with Gasteiger partial charge in [0.1, 0.15) is 5.75 Å². The third-order valence-corrected chi connectivity index (χ3v) is 5.00. The van der Waals surface area contributed by atoms with Gasteiger partial charge in [0.05, 0.1) is 21.4 Å². The predicted molar refractivity (Wildman–Crippen MR) is 118 cm³/mol. The molecule has 0 saturated heterocycles. The van der Waals surface area contributed by atoms with E-state index >= 15 is 0 Å². The van der Waals surface area contributed by atoms with Crippen LogP contribution in [0.2, 0.25) is 10.0 Å². The smallest absolute Gasteiger partial charge is 0.303 e. The predicted octanol–water partition coefficient (Wildman–Crippen LogP) is 3.15. The van der Waals surface area contributed by atoms with E-state index in [9.17, 15) is 14.4 Å². The first-order chi connectivity index (χ1) is 14.8. The highest BCUT2D eigenvalue weighted by Gasteiger charge is 2.25. The lowest BCUT2D eigenvalue weighted by Gasteiger charge is -2.29. The molecule has 31 heavy (non-hydrogen) atoms. The number of carbonyl (C=O) groups excluding carboxylic acids is 3. The maximum Gasteiger partial charge on any atom is 0.303 e. The lowest BCUT2D eigenvalue weighted by Crippen LogP contribution is -2.43. The number of benzene rings is 2. The number of aliphatic imine (C=N–C) groups is 1. The summed E-state index contributed by atoms with van der Waals surface area (Å²) in [7, 11) is 0. The Morgan fingerprint density at radius 1 is 1.23 bits per heavy atom. The molecule has 1 heterocycles. The van der Waals surface area contributed by atoms with E-state index in [4.69, 9.17) is 27.9 Å². The molecule has 1 aliphatic heterocycles. The molecular weight excluding hydrogens is 445 g/mol. The van der Waals surface area contributed by atoms with Crippen molar-refractivity contribution in [2.75, 3.05) is 31.2 Å². The fourth-order valence-electron chi connectivity index (χ4n) is 2.78. The molecule has 162 valence electrons. The van der Waals surface area contributed by atoms with E-state index < -0.39 is 11.9 Å². The fourth-order valence-corrected chi connectivity index (χ4v) is 3.09. The van der Waals surface area contributed by atoms with E-state index in [2.05, 4.69) is 15.0 Å².